The molecule has 20 heavy (non-hydrogen) atoms. The van der Waals surface area contributed by atoms with E-state index in [0.717, 1.165) is 0 Å². The first kappa shape index (κ1) is 12.1. The van der Waals surface area contributed by atoms with Gasteiger partial charge < -0.3 is 0 Å². The molecule has 0 radical (unpaired) electrons. The molecule has 0 amide bonds. The molecule has 0 unspecified atom stereocenters. The standard InChI is InChI=1S/C18H14S2/c1-11-8-15-14(10-13-6-4-3-5-7-13)16-9-12(2)20-18(16)17(15)19-11/h3-10H,1-2H3. The van der Waals surface area contributed by atoms with Crippen LogP contribution in [0.2, 0.25) is 0 Å². The van der Waals surface area contributed by atoms with E-state index in [4.69, 9.17) is 0 Å². The smallest absolute Gasteiger partial charge is 0.0530 e. The predicted molar refractivity (Wildman–Crippen MR) is 90.5 cm³/mol. The van der Waals surface area contributed by atoms with Crippen molar-refractivity contribution in [2.45, 2.75) is 13.8 Å². The third-order valence-corrected chi connectivity index (χ3v) is 5.87. The van der Waals surface area contributed by atoms with Crippen molar-refractivity contribution in [3.05, 3.63) is 68.9 Å². The summed E-state index contributed by atoms with van der Waals surface area (Å²) in [5, 5.41) is 0. The summed E-state index contributed by atoms with van der Waals surface area (Å²) in [7, 11) is 0. The van der Waals surface area contributed by atoms with Gasteiger partial charge in [0, 0.05) is 20.9 Å². The van der Waals surface area contributed by atoms with Crippen molar-refractivity contribution in [2.75, 3.05) is 0 Å². The van der Waals surface area contributed by atoms with E-state index in [2.05, 4.69) is 62.4 Å². The number of aryl methyl sites for hydroxylation is 2. The summed E-state index contributed by atoms with van der Waals surface area (Å²) in [6, 6.07) is 15.3. The van der Waals surface area contributed by atoms with E-state index in [0.29, 0.717) is 0 Å². The topological polar surface area (TPSA) is 0 Å². The third kappa shape index (κ3) is 1.80. The summed E-state index contributed by atoms with van der Waals surface area (Å²) >= 11 is 3.83. The molecule has 2 heteroatoms. The van der Waals surface area contributed by atoms with Crippen LogP contribution >= 0.6 is 22.7 Å². The van der Waals surface area contributed by atoms with Gasteiger partial charge in [-0.05, 0) is 43.2 Å². The zero-order valence-electron chi connectivity index (χ0n) is 11.4. The minimum Gasteiger partial charge on any atom is -0.139 e. The predicted octanol–water partition coefficient (Wildman–Crippen LogP) is 6.00. The minimum atomic E-state index is 1.27. The molecule has 0 nitrogen and oxygen atoms in total. The van der Waals surface area contributed by atoms with Crippen LogP contribution in [0.4, 0.5) is 0 Å². The lowest BCUT2D eigenvalue weighted by Crippen LogP contribution is -1.79. The van der Waals surface area contributed by atoms with Gasteiger partial charge in [-0.15, -0.1) is 22.7 Å². The van der Waals surface area contributed by atoms with E-state index in [9.17, 15) is 0 Å². The van der Waals surface area contributed by atoms with Crippen LogP contribution in [-0.2, 0) is 0 Å². The molecule has 0 saturated carbocycles. The number of benzene rings is 1. The first-order chi connectivity index (χ1) is 9.72. The maximum atomic E-state index is 2.33. The second-order valence-corrected chi connectivity index (χ2v) is 7.68. The lowest BCUT2D eigenvalue weighted by Gasteiger charge is -2.00. The second kappa shape index (κ2) is 4.44. The zero-order chi connectivity index (χ0) is 13.7. The van der Waals surface area contributed by atoms with Gasteiger partial charge in [0.15, 0.2) is 0 Å². The third-order valence-electron chi connectivity index (χ3n) is 3.61. The first-order valence-electron chi connectivity index (χ1n) is 6.71. The Hall–Kier alpha value is -1.64. The number of fused-ring (bicyclic) bond motifs is 3. The summed E-state index contributed by atoms with van der Waals surface area (Å²) in [4.78, 5) is 5.70. The van der Waals surface area contributed by atoms with Crippen molar-refractivity contribution in [2.24, 2.45) is 0 Å². The summed E-state index contributed by atoms with van der Waals surface area (Å²) in [5.74, 6) is 0. The van der Waals surface area contributed by atoms with Crippen molar-refractivity contribution in [1.82, 2.24) is 0 Å². The van der Waals surface area contributed by atoms with Crippen LogP contribution in [-0.4, -0.2) is 0 Å². The van der Waals surface area contributed by atoms with Gasteiger partial charge in [-0.25, -0.2) is 0 Å². The van der Waals surface area contributed by atoms with Gasteiger partial charge >= 0.3 is 0 Å². The Balaban J connectivity index is 1.97. The molecule has 1 aromatic carbocycles. The number of hydrogen-bond donors (Lipinski definition) is 0. The Morgan fingerprint density at radius 2 is 1.35 bits per heavy atom. The zero-order valence-corrected chi connectivity index (χ0v) is 13.1. The highest BCUT2D eigenvalue weighted by molar-refractivity contribution is 7.23. The molecule has 1 aliphatic carbocycles. The molecule has 98 valence electrons. The van der Waals surface area contributed by atoms with Crippen LogP contribution in [0.25, 0.3) is 21.4 Å². The average Bonchev–Trinajstić information content (AvgIpc) is 3.05. The fourth-order valence-corrected chi connectivity index (χ4v) is 4.99. The quantitative estimate of drug-likeness (QED) is 0.404. The largest absolute Gasteiger partial charge is 0.139 e. The molecular formula is C18H14S2. The van der Waals surface area contributed by atoms with Crippen molar-refractivity contribution in [1.29, 1.82) is 0 Å². The molecule has 0 aliphatic heterocycles. The highest BCUT2D eigenvalue weighted by Crippen LogP contribution is 2.52. The highest BCUT2D eigenvalue weighted by Gasteiger charge is 2.27. The molecule has 1 aliphatic rings. The lowest BCUT2D eigenvalue weighted by atomic mass is 10.0. The van der Waals surface area contributed by atoms with Gasteiger partial charge in [-0.1, -0.05) is 30.3 Å². The molecule has 0 spiro atoms. The van der Waals surface area contributed by atoms with Crippen LogP contribution in [0.3, 0.4) is 0 Å². The fourth-order valence-electron chi connectivity index (χ4n) is 2.78. The Kier molecular flexibility index (Phi) is 2.69. The number of thiophene rings is 2. The molecular weight excluding hydrogens is 280 g/mol. The highest BCUT2D eigenvalue weighted by atomic mass is 32.1. The summed E-state index contributed by atoms with van der Waals surface area (Å²) in [6.07, 6.45) is 2.32. The van der Waals surface area contributed by atoms with Crippen LogP contribution < -0.4 is 0 Å². The summed E-state index contributed by atoms with van der Waals surface area (Å²) in [5.41, 5.74) is 5.49. The van der Waals surface area contributed by atoms with E-state index in [1.165, 1.54) is 41.8 Å². The van der Waals surface area contributed by atoms with E-state index in [-0.39, 0.29) is 0 Å². The molecule has 0 fully saturated rings. The fraction of sp³-hybridized carbons (Fsp3) is 0.111. The molecule has 0 atom stereocenters. The van der Waals surface area contributed by atoms with Crippen LogP contribution in [0, 0.1) is 13.8 Å². The second-order valence-electron chi connectivity index (χ2n) is 5.17. The molecule has 2 heterocycles. The molecule has 0 saturated heterocycles. The molecule has 0 bridgehead atoms. The van der Waals surface area contributed by atoms with Gasteiger partial charge in [-0.3, -0.25) is 0 Å². The van der Waals surface area contributed by atoms with E-state index < -0.39 is 0 Å². The van der Waals surface area contributed by atoms with Crippen LogP contribution in [0.1, 0.15) is 26.4 Å². The normalized spacial score (nSPS) is 12.4. The maximum absolute atomic E-state index is 2.33. The van der Waals surface area contributed by atoms with Crippen molar-refractivity contribution in [3.63, 3.8) is 0 Å². The van der Waals surface area contributed by atoms with Crippen molar-refractivity contribution >= 4 is 34.3 Å². The Morgan fingerprint density at radius 3 is 1.90 bits per heavy atom. The lowest BCUT2D eigenvalue weighted by molar-refractivity contribution is 1.59. The van der Waals surface area contributed by atoms with Gasteiger partial charge in [0.25, 0.3) is 0 Å². The SMILES string of the molecule is Cc1cc2c(s1)-c1sc(C)cc1C2=Cc1ccccc1. The Morgan fingerprint density at radius 1 is 0.800 bits per heavy atom. The van der Waals surface area contributed by atoms with Crippen LogP contribution in [0.5, 0.6) is 0 Å². The van der Waals surface area contributed by atoms with Crippen molar-refractivity contribution in [3.8, 4) is 9.75 Å². The Bertz CT molecular complexity index is 768. The van der Waals surface area contributed by atoms with Gasteiger partial charge in [0.1, 0.15) is 0 Å². The average molecular weight is 294 g/mol. The Labute approximate surface area is 127 Å². The van der Waals surface area contributed by atoms with Gasteiger partial charge in [0.2, 0.25) is 0 Å². The van der Waals surface area contributed by atoms with Crippen LogP contribution in [0.15, 0.2) is 42.5 Å². The molecule has 3 aromatic rings. The van der Waals surface area contributed by atoms with E-state index >= 15 is 0 Å². The molecule has 2 aromatic heterocycles. The molecule has 4 rings (SSSR count). The summed E-state index contributed by atoms with van der Waals surface area (Å²) in [6.45, 7) is 4.40. The van der Waals surface area contributed by atoms with E-state index in [1.54, 1.807) is 0 Å². The van der Waals surface area contributed by atoms with Gasteiger partial charge in [-0.2, -0.15) is 0 Å². The summed E-state index contributed by atoms with van der Waals surface area (Å²) < 4.78 is 0. The monoisotopic (exact) mass is 294 g/mol. The van der Waals surface area contributed by atoms with Gasteiger partial charge in [0.05, 0.1) is 9.75 Å². The van der Waals surface area contributed by atoms with E-state index in [1.807, 2.05) is 22.7 Å². The molecule has 0 N–H and O–H groups in total. The van der Waals surface area contributed by atoms with Crippen molar-refractivity contribution < 1.29 is 0 Å². The number of rotatable bonds is 1. The number of hydrogen-bond acceptors (Lipinski definition) is 2. The first-order valence-corrected chi connectivity index (χ1v) is 8.34. The maximum Gasteiger partial charge on any atom is 0.0530 e. The minimum absolute atomic E-state index is 1.27.